The Morgan fingerprint density at radius 1 is 1.17 bits per heavy atom. The Morgan fingerprint density at radius 2 is 1.75 bits per heavy atom. The predicted molar refractivity (Wildman–Crippen MR) is 87.0 cm³/mol. The number of H-pyrrole nitrogens is 1. The van der Waals surface area contributed by atoms with E-state index in [-0.39, 0.29) is 5.56 Å². The fourth-order valence-corrected chi connectivity index (χ4v) is 2.76. The maximum absolute atomic E-state index is 12.4. The summed E-state index contributed by atoms with van der Waals surface area (Å²) in [5, 5.41) is 45.6. The van der Waals surface area contributed by atoms with Crippen molar-refractivity contribution in [3.63, 3.8) is 0 Å². The van der Waals surface area contributed by atoms with Crippen LogP contribution in [-0.2, 0) is 4.79 Å². The van der Waals surface area contributed by atoms with Gasteiger partial charge < -0.3 is 30.5 Å². The van der Waals surface area contributed by atoms with Gasteiger partial charge in [0.25, 0.3) is 0 Å². The second-order valence-electron chi connectivity index (χ2n) is 5.10. The molecule has 4 atom stereocenters. The molecule has 0 bridgehead atoms. The van der Waals surface area contributed by atoms with Crippen LogP contribution in [0, 0.1) is 0 Å². The van der Waals surface area contributed by atoms with E-state index in [0.717, 1.165) is 0 Å². The summed E-state index contributed by atoms with van der Waals surface area (Å²) in [6.07, 6.45) is -3.79. The second kappa shape index (κ2) is 6.43. The van der Waals surface area contributed by atoms with Crippen LogP contribution in [0.2, 0.25) is 0 Å². The SMILES string of the molecule is O=C(O)[C@@H](O)[C@](O)(Cl)[C@@](O)(Br)[C@@H](O)C(=O)c1c[nH]c2ccccc12. The Balaban J connectivity index is 2.40. The van der Waals surface area contributed by atoms with E-state index in [2.05, 4.69) is 20.9 Å². The molecule has 8 nitrogen and oxygen atoms in total. The standard InChI is InChI=1S/C14H13BrClNO7/c15-13(23,14(16,24)11(20)12(21)22)10(19)9(18)7-5-17-8-4-2-1-3-6(7)8/h1-5,10-11,17,19-20,23-24H,(H,21,22)/t10-,11+,13+,14+/m0/s1. The number of ketones is 1. The predicted octanol–water partition coefficient (Wildman–Crippen LogP) is 0.168. The molecule has 0 aliphatic carbocycles. The van der Waals surface area contributed by atoms with E-state index >= 15 is 0 Å². The molecular formula is C14H13BrClNO7. The summed E-state index contributed by atoms with van der Waals surface area (Å²) < 4.78 is -3.05. The molecule has 24 heavy (non-hydrogen) atoms. The van der Waals surface area contributed by atoms with Crippen LogP contribution in [0.15, 0.2) is 30.5 Å². The number of carboxylic acids is 1. The summed E-state index contributed by atoms with van der Waals surface area (Å²) in [5.41, 5.74) is 0.561. The number of carbonyl (C=O) groups is 2. The third-order valence-electron chi connectivity index (χ3n) is 3.55. The van der Waals surface area contributed by atoms with Gasteiger partial charge in [-0.15, -0.1) is 0 Å². The number of carboxylic acid groups (broad SMARTS) is 1. The van der Waals surface area contributed by atoms with Gasteiger partial charge in [-0.3, -0.25) is 4.79 Å². The van der Waals surface area contributed by atoms with Gasteiger partial charge in [0.05, 0.1) is 0 Å². The number of nitrogens with one attached hydrogen (secondary N) is 1. The molecule has 0 spiro atoms. The minimum atomic E-state index is -3.29. The van der Waals surface area contributed by atoms with Gasteiger partial charge in [0.15, 0.2) is 22.5 Å². The van der Waals surface area contributed by atoms with Crippen molar-refractivity contribution in [2.75, 3.05) is 0 Å². The van der Waals surface area contributed by atoms with Crippen molar-refractivity contribution in [2.45, 2.75) is 21.8 Å². The van der Waals surface area contributed by atoms with E-state index < -0.39 is 33.5 Å². The molecule has 6 N–H and O–H groups in total. The van der Waals surface area contributed by atoms with Crippen LogP contribution in [-0.4, -0.2) is 64.0 Å². The molecule has 130 valence electrons. The molecule has 0 fully saturated rings. The zero-order valence-electron chi connectivity index (χ0n) is 11.8. The zero-order valence-corrected chi connectivity index (χ0v) is 14.2. The molecule has 0 aliphatic heterocycles. The van der Waals surface area contributed by atoms with Crippen LogP contribution in [0.5, 0.6) is 0 Å². The van der Waals surface area contributed by atoms with Gasteiger partial charge in [0.2, 0.25) is 5.06 Å². The summed E-state index contributed by atoms with van der Waals surface area (Å²) in [4.78, 5) is 26.0. The number of hydrogen-bond donors (Lipinski definition) is 6. The molecule has 10 heteroatoms. The lowest BCUT2D eigenvalue weighted by molar-refractivity contribution is -0.173. The maximum Gasteiger partial charge on any atom is 0.337 e. The van der Waals surface area contributed by atoms with Crippen LogP contribution in [0.4, 0.5) is 0 Å². The van der Waals surface area contributed by atoms with Crippen LogP contribution in [0.3, 0.4) is 0 Å². The number of alkyl halides is 2. The lowest BCUT2D eigenvalue weighted by atomic mass is 9.95. The summed E-state index contributed by atoms with van der Waals surface area (Å²) in [6.45, 7) is 0. The number of rotatable bonds is 6. The largest absolute Gasteiger partial charge is 0.479 e. The molecule has 0 unspecified atom stereocenters. The smallest absolute Gasteiger partial charge is 0.337 e. The summed E-state index contributed by atoms with van der Waals surface area (Å²) >= 11 is 7.96. The number of para-hydroxylation sites is 1. The van der Waals surface area contributed by atoms with E-state index in [1.165, 1.54) is 6.20 Å². The third kappa shape index (κ3) is 2.94. The van der Waals surface area contributed by atoms with Crippen LogP contribution < -0.4 is 0 Å². The normalized spacial score (nSPS) is 19.2. The molecular weight excluding hydrogens is 410 g/mol. The van der Waals surface area contributed by atoms with Crippen molar-refractivity contribution in [1.82, 2.24) is 4.98 Å². The van der Waals surface area contributed by atoms with Gasteiger partial charge in [0, 0.05) is 22.7 Å². The lowest BCUT2D eigenvalue weighted by Crippen LogP contribution is -2.63. The monoisotopic (exact) mass is 421 g/mol. The highest BCUT2D eigenvalue weighted by atomic mass is 79.9. The van der Waals surface area contributed by atoms with E-state index in [0.29, 0.717) is 10.9 Å². The third-order valence-corrected chi connectivity index (χ3v) is 5.31. The number of halogens is 2. The fourth-order valence-electron chi connectivity index (χ4n) is 2.14. The van der Waals surface area contributed by atoms with Crippen molar-refractivity contribution in [1.29, 1.82) is 0 Å². The first-order chi connectivity index (χ1) is 11.0. The first-order valence-electron chi connectivity index (χ1n) is 6.53. The molecule has 2 rings (SSSR count). The molecule has 2 aromatic rings. The van der Waals surface area contributed by atoms with Gasteiger partial charge >= 0.3 is 5.97 Å². The quantitative estimate of drug-likeness (QED) is 0.287. The molecule has 1 aromatic heterocycles. The topological polar surface area (TPSA) is 151 Å². The average molecular weight is 423 g/mol. The number of Topliss-reactive ketones (excluding diaryl/α,β-unsaturated/α-hetero) is 1. The maximum atomic E-state index is 12.4. The van der Waals surface area contributed by atoms with Gasteiger partial charge in [-0.25, -0.2) is 4.79 Å². The summed E-state index contributed by atoms with van der Waals surface area (Å²) in [5.74, 6) is -3.01. The molecule has 0 saturated carbocycles. The number of carbonyl (C=O) groups excluding carboxylic acids is 1. The van der Waals surface area contributed by atoms with Crippen molar-refractivity contribution in [3.8, 4) is 0 Å². The van der Waals surface area contributed by atoms with Gasteiger partial charge in [-0.05, 0) is 22.0 Å². The Labute approximate surface area is 148 Å². The van der Waals surface area contributed by atoms with Crippen LogP contribution >= 0.6 is 27.5 Å². The van der Waals surface area contributed by atoms with E-state index in [9.17, 15) is 30.0 Å². The van der Waals surface area contributed by atoms with Crippen LogP contribution in [0.25, 0.3) is 10.9 Å². The molecule has 1 aromatic carbocycles. The van der Waals surface area contributed by atoms with Crippen LogP contribution in [0.1, 0.15) is 10.4 Å². The zero-order chi connectivity index (χ0) is 18.3. The highest BCUT2D eigenvalue weighted by molar-refractivity contribution is 9.10. The first kappa shape index (κ1) is 18.8. The molecule has 0 radical (unpaired) electrons. The minimum absolute atomic E-state index is 0.0201. The number of hydrogen-bond acceptors (Lipinski definition) is 6. The Hall–Kier alpha value is -1.49. The summed E-state index contributed by atoms with van der Waals surface area (Å²) in [6, 6.07) is 6.61. The van der Waals surface area contributed by atoms with E-state index in [1.54, 1.807) is 24.3 Å². The van der Waals surface area contributed by atoms with Crippen molar-refractivity contribution >= 4 is 50.2 Å². The van der Waals surface area contributed by atoms with Gasteiger partial charge in [-0.1, -0.05) is 29.8 Å². The van der Waals surface area contributed by atoms with Crippen molar-refractivity contribution in [2.24, 2.45) is 0 Å². The molecule has 0 amide bonds. The van der Waals surface area contributed by atoms with Crippen molar-refractivity contribution in [3.05, 3.63) is 36.0 Å². The van der Waals surface area contributed by atoms with Gasteiger partial charge in [-0.2, -0.15) is 0 Å². The lowest BCUT2D eigenvalue weighted by Gasteiger charge is -2.38. The number of aromatic nitrogens is 1. The summed E-state index contributed by atoms with van der Waals surface area (Å²) in [7, 11) is 0. The fraction of sp³-hybridized carbons (Fsp3) is 0.286. The number of aliphatic carboxylic acids is 1. The Kier molecular flexibility index (Phi) is 5.05. The van der Waals surface area contributed by atoms with Gasteiger partial charge in [0.1, 0.15) is 0 Å². The highest BCUT2D eigenvalue weighted by Gasteiger charge is 2.60. The minimum Gasteiger partial charge on any atom is -0.479 e. The highest BCUT2D eigenvalue weighted by Crippen LogP contribution is 2.40. The Bertz CT molecular complexity index is 788. The molecule has 0 aliphatic rings. The number of aliphatic hydroxyl groups is 4. The van der Waals surface area contributed by atoms with E-state index in [4.69, 9.17) is 16.7 Å². The molecule has 0 saturated heterocycles. The molecule has 1 heterocycles. The van der Waals surface area contributed by atoms with E-state index in [1.807, 2.05) is 0 Å². The Morgan fingerprint density at radius 3 is 2.33 bits per heavy atom. The number of aromatic amines is 1. The van der Waals surface area contributed by atoms with Crippen molar-refractivity contribution < 1.29 is 35.1 Å². The number of fused-ring (bicyclic) bond motifs is 1. The first-order valence-corrected chi connectivity index (χ1v) is 7.70. The second-order valence-corrected chi connectivity index (χ2v) is 6.89. The number of benzene rings is 1. The average Bonchev–Trinajstić information content (AvgIpc) is 2.96. The number of aliphatic hydroxyl groups excluding tert-OH is 2.